The second-order valence-electron chi connectivity index (χ2n) is 6.65. The lowest BCUT2D eigenvalue weighted by Crippen LogP contribution is -2.37. The van der Waals surface area contributed by atoms with Crippen LogP contribution < -0.4 is 21.1 Å². The Hall–Kier alpha value is -3.82. The number of carbonyl (C=O) groups excluding carboxylic acids is 2. The zero-order chi connectivity index (χ0) is 23.6. The van der Waals surface area contributed by atoms with Crippen molar-refractivity contribution in [3.63, 3.8) is 0 Å². The number of nitrogens with two attached hydrogens (primary N) is 1. The maximum absolute atomic E-state index is 13.7. The highest BCUT2D eigenvalue weighted by molar-refractivity contribution is 6.13. The van der Waals surface area contributed by atoms with Crippen LogP contribution in [0.3, 0.4) is 0 Å². The molecule has 2 rings (SSSR count). The molecule has 2 amide bonds. The Bertz CT molecular complexity index is 971. The highest BCUT2D eigenvalue weighted by Gasteiger charge is 2.30. The van der Waals surface area contributed by atoms with Gasteiger partial charge in [-0.2, -0.15) is 0 Å². The molecule has 2 aromatic rings. The summed E-state index contributed by atoms with van der Waals surface area (Å²) in [6, 6.07) is 9.66. The molecule has 1 aromatic heterocycles. The Kier molecular flexibility index (Phi) is 8.82. The van der Waals surface area contributed by atoms with Gasteiger partial charge in [-0.05, 0) is 43.3 Å². The maximum atomic E-state index is 13.7. The second kappa shape index (κ2) is 11.5. The highest BCUT2D eigenvalue weighted by atomic mass is 19.3. The van der Waals surface area contributed by atoms with Crippen LogP contribution >= 0.6 is 0 Å². The van der Waals surface area contributed by atoms with Crippen molar-refractivity contribution in [1.29, 1.82) is 0 Å². The fourth-order valence-corrected chi connectivity index (χ4v) is 2.47. The van der Waals surface area contributed by atoms with Gasteiger partial charge >= 0.3 is 0 Å². The van der Waals surface area contributed by atoms with Gasteiger partial charge in [0.15, 0.2) is 0 Å². The third-order valence-corrected chi connectivity index (χ3v) is 4.14. The molecule has 32 heavy (non-hydrogen) atoms. The summed E-state index contributed by atoms with van der Waals surface area (Å²) in [7, 11) is 0. The third-order valence-electron chi connectivity index (χ3n) is 4.14. The molecule has 0 aliphatic rings. The minimum Gasteiger partial charge on any atom is -0.494 e. The maximum Gasteiger partial charge on any atom is 0.285 e. The van der Waals surface area contributed by atoms with Gasteiger partial charge in [-0.3, -0.25) is 19.6 Å². The summed E-state index contributed by atoms with van der Waals surface area (Å²) in [6.45, 7) is 3.04. The number of rotatable bonds is 10. The number of allylic oxidation sites excluding steroid dienone is 1. The minimum absolute atomic E-state index is 0.00321. The van der Waals surface area contributed by atoms with Gasteiger partial charge in [0.2, 0.25) is 0 Å². The zero-order valence-corrected chi connectivity index (χ0v) is 17.8. The molecule has 10 heteroatoms. The Balaban J connectivity index is 1.96. The fraction of sp³-hybridized carbons (Fsp3) is 0.273. The summed E-state index contributed by atoms with van der Waals surface area (Å²) in [4.78, 5) is 32.5. The van der Waals surface area contributed by atoms with Gasteiger partial charge in [0.1, 0.15) is 5.75 Å². The molecule has 0 radical (unpaired) electrons. The van der Waals surface area contributed by atoms with Gasteiger partial charge < -0.3 is 21.1 Å². The van der Waals surface area contributed by atoms with E-state index < -0.39 is 23.1 Å². The Morgan fingerprint density at radius 2 is 1.75 bits per heavy atom. The van der Waals surface area contributed by atoms with Crippen molar-refractivity contribution in [2.75, 3.05) is 19.7 Å². The first kappa shape index (κ1) is 24.4. The van der Waals surface area contributed by atoms with Crippen molar-refractivity contribution in [2.45, 2.75) is 19.8 Å². The van der Waals surface area contributed by atoms with Crippen LogP contribution in [0.2, 0.25) is 0 Å². The second-order valence-corrected chi connectivity index (χ2v) is 6.65. The van der Waals surface area contributed by atoms with E-state index in [2.05, 4.69) is 20.6 Å². The molecule has 0 bridgehead atoms. The van der Waals surface area contributed by atoms with E-state index in [0.717, 1.165) is 6.21 Å². The summed E-state index contributed by atoms with van der Waals surface area (Å²) in [5.74, 6) is -3.96. The number of amides is 2. The van der Waals surface area contributed by atoms with Crippen molar-refractivity contribution < 1.29 is 23.1 Å². The van der Waals surface area contributed by atoms with E-state index in [1.54, 1.807) is 36.4 Å². The van der Waals surface area contributed by atoms with Crippen LogP contribution in [0.1, 0.15) is 24.2 Å². The molecule has 0 fully saturated rings. The van der Waals surface area contributed by atoms with Crippen molar-refractivity contribution in [1.82, 2.24) is 15.6 Å². The zero-order valence-electron chi connectivity index (χ0n) is 17.8. The molecule has 0 atom stereocenters. The van der Waals surface area contributed by atoms with Gasteiger partial charge in [0.05, 0.1) is 23.6 Å². The van der Waals surface area contributed by atoms with Crippen LogP contribution in [0.25, 0.3) is 0 Å². The monoisotopic (exact) mass is 445 g/mol. The van der Waals surface area contributed by atoms with Crippen molar-refractivity contribution in [3.8, 4) is 5.75 Å². The topological polar surface area (TPSA) is 119 Å². The van der Waals surface area contributed by atoms with Gasteiger partial charge in [-0.1, -0.05) is 0 Å². The van der Waals surface area contributed by atoms with Crippen molar-refractivity contribution in [3.05, 3.63) is 65.6 Å². The van der Waals surface area contributed by atoms with E-state index in [9.17, 15) is 18.4 Å². The lowest BCUT2D eigenvalue weighted by atomic mass is 10.1. The average molecular weight is 445 g/mol. The number of carbonyl (C=O) groups is 2. The molecule has 0 spiro atoms. The van der Waals surface area contributed by atoms with Crippen LogP contribution in [0.4, 0.5) is 14.5 Å². The first-order valence-corrected chi connectivity index (χ1v) is 9.83. The van der Waals surface area contributed by atoms with E-state index in [1.165, 1.54) is 12.4 Å². The molecular weight excluding hydrogens is 420 g/mol. The normalized spacial score (nSPS) is 12.2. The predicted molar refractivity (Wildman–Crippen MR) is 117 cm³/mol. The lowest BCUT2D eigenvalue weighted by molar-refractivity contribution is -0.117. The molecule has 0 aliphatic carbocycles. The van der Waals surface area contributed by atoms with E-state index in [-0.39, 0.29) is 19.0 Å². The number of hydrogen-bond donors (Lipinski definition) is 3. The average Bonchev–Trinajstić information content (AvgIpc) is 2.77. The number of benzene rings is 1. The minimum atomic E-state index is -3.42. The SMILES string of the molecule is CCOc1ccc(C(=O)NCCNC(=O)C(C=Nc2ccncc2)=C(N)C(C)(F)F)cc1. The Morgan fingerprint density at radius 3 is 2.34 bits per heavy atom. The van der Waals surface area contributed by atoms with Crippen LogP contribution in [0.15, 0.2) is 65.1 Å². The summed E-state index contributed by atoms with van der Waals surface area (Å²) in [6.07, 6.45) is 3.93. The summed E-state index contributed by atoms with van der Waals surface area (Å²) >= 11 is 0. The number of aromatic nitrogens is 1. The summed E-state index contributed by atoms with van der Waals surface area (Å²) in [5, 5.41) is 5.09. The molecule has 170 valence electrons. The first-order valence-electron chi connectivity index (χ1n) is 9.83. The number of hydrogen-bond acceptors (Lipinski definition) is 6. The molecule has 0 saturated heterocycles. The first-order chi connectivity index (χ1) is 15.2. The summed E-state index contributed by atoms with van der Waals surface area (Å²) < 4.78 is 32.7. The van der Waals surface area contributed by atoms with Gasteiger partial charge in [0, 0.05) is 44.2 Å². The molecule has 0 saturated carbocycles. The van der Waals surface area contributed by atoms with Crippen molar-refractivity contribution in [2.24, 2.45) is 10.7 Å². The van der Waals surface area contributed by atoms with Gasteiger partial charge in [0.25, 0.3) is 17.7 Å². The molecule has 0 unspecified atom stereocenters. The number of nitrogens with zero attached hydrogens (tertiary/aromatic N) is 2. The van der Waals surface area contributed by atoms with Crippen molar-refractivity contribution >= 4 is 23.7 Å². The third kappa shape index (κ3) is 7.46. The van der Waals surface area contributed by atoms with E-state index in [0.29, 0.717) is 30.5 Å². The van der Waals surface area contributed by atoms with Gasteiger partial charge in [-0.25, -0.2) is 8.78 Å². The predicted octanol–water partition coefficient (Wildman–Crippen LogP) is 2.60. The smallest absolute Gasteiger partial charge is 0.285 e. The standard InChI is InChI=1S/C22H25F2N5O3/c1-3-32-17-6-4-15(5-7-17)20(30)27-12-13-28-21(31)18(19(25)22(2,23)24)14-29-16-8-10-26-11-9-16/h4-11,14H,3,12-13,25H2,1-2H3,(H,27,30)(H,28,31). The number of pyridine rings is 1. The molecule has 8 nitrogen and oxygen atoms in total. The number of halogens is 2. The van der Waals surface area contributed by atoms with E-state index >= 15 is 0 Å². The number of aliphatic imine (C=N–C) groups is 1. The fourth-order valence-electron chi connectivity index (χ4n) is 2.47. The van der Waals surface area contributed by atoms with Crippen LogP contribution in [0.5, 0.6) is 5.75 Å². The molecule has 4 N–H and O–H groups in total. The van der Waals surface area contributed by atoms with E-state index in [4.69, 9.17) is 10.5 Å². The largest absolute Gasteiger partial charge is 0.494 e. The molecule has 0 aliphatic heterocycles. The van der Waals surface area contributed by atoms with Crippen LogP contribution in [0, 0.1) is 0 Å². The number of alkyl halides is 2. The van der Waals surface area contributed by atoms with E-state index in [1.807, 2.05) is 6.92 Å². The van der Waals surface area contributed by atoms with Gasteiger partial charge in [-0.15, -0.1) is 0 Å². The Morgan fingerprint density at radius 1 is 1.12 bits per heavy atom. The molecule has 1 aromatic carbocycles. The molecular formula is C22H25F2N5O3. The lowest BCUT2D eigenvalue weighted by Gasteiger charge is -2.15. The van der Waals surface area contributed by atoms with Crippen LogP contribution in [-0.2, 0) is 4.79 Å². The Labute approximate surface area is 184 Å². The molecule has 1 heterocycles. The number of ether oxygens (including phenoxy) is 1. The number of nitrogens with one attached hydrogen (secondary N) is 2. The van der Waals surface area contributed by atoms with Crippen LogP contribution in [-0.4, -0.2) is 48.6 Å². The quantitative estimate of drug-likeness (QED) is 0.295. The highest BCUT2D eigenvalue weighted by Crippen LogP contribution is 2.22. The summed E-state index contributed by atoms with van der Waals surface area (Å²) in [5.41, 5.74) is 4.96.